The Morgan fingerprint density at radius 1 is 1.04 bits per heavy atom. The van der Waals surface area contributed by atoms with Crippen LogP contribution >= 0.6 is 0 Å². The number of carbonyl (C=O) groups excluding carboxylic acids is 1. The molecule has 1 fully saturated rings. The first-order valence-corrected chi connectivity index (χ1v) is 8.60. The van der Waals surface area contributed by atoms with Crippen LogP contribution in [-0.4, -0.2) is 47.0 Å². The van der Waals surface area contributed by atoms with Crippen molar-refractivity contribution in [3.8, 4) is 0 Å². The maximum atomic E-state index is 12.9. The number of carbonyl (C=O) groups is 1. The van der Waals surface area contributed by atoms with Crippen molar-refractivity contribution >= 4 is 11.6 Å². The lowest BCUT2D eigenvalue weighted by Crippen LogP contribution is -2.49. The number of alkyl halides is 2. The van der Waals surface area contributed by atoms with Gasteiger partial charge < -0.3 is 9.80 Å². The first-order chi connectivity index (χ1) is 12.3. The SMILES string of the molecule is Cc1ccc(C)c(N2CCN(C(=O)c3cc(C(F)F)nc(C)n3)CC2)c1. The van der Waals surface area contributed by atoms with Crippen LogP contribution in [0.3, 0.4) is 0 Å². The second kappa shape index (κ2) is 7.35. The Labute approximate surface area is 151 Å². The van der Waals surface area contributed by atoms with E-state index in [-0.39, 0.29) is 17.4 Å². The second-order valence-electron chi connectivity index (χ2n) is 6.60. The molecule has 5 nitrogen and oxygen atoms in total. The number of nitrogens with zero attached hydrogens (tertiary/aromatic N) is 4. The van der Waals surface area contributed by atoms with Crippen LogP contribution < -0.4 is 4.90 Å². The number of benzene rings is 1. The first kappa shape index (κ1) is 18.2. The predicted molar refractivity (Wildman–Crippen MR) is 95.8 cm³/mol. The van der Waals surface area contributed by atoms with Gasteiger partial charge in [-0.3, -0.25) is 4.79 Å². The summed E-state index contributed by atoms with van der Waals surface area (Å²) in [7, 11) is 0. The van der Waals surface area contributed by atoms with E-state index in [2.05, 4.69) is 46.9 Å². The summed E-state index contributed by atoms with van der Waals surface area (Å²) < 4.78 is 25.8. The lowest BCUT2D eigenvalue weighted by Gasteiger charge is -2.36. The van der Waals surface area contributed by atoms with Crippen LogP contribution in [0.5, 0.6) is 0 Å². The van der Waals surface area contributed by atoms with Gasteiger partial charge in [-0.2, -0.15) is 0 Å². The van der Waals surface area contributed by atoms with Crippen molar-refractivity contribution in [2.45, 2.75) is 27.2 Å². The van der Waals surface area contributed by atoms with Gasteiger partial charge in [-0.15, -0.1) is 0 Å². The van der Waals surface area contributed by atoms with Crippen molar-refractivity contribution in [3.63, 3.8) is 0 Å². The summed E-state index contributed by atoms with van der Waals surface area (Å²) in [6.45, 7) is 8.09. The summed E-state index contributed by atoms with van der Waals surface area (Å²) in [4.78, 5) is 24.3. The lowest BCUT2D eigenvalue weighted by molar-refractivity contribution is 0.0739. The minimum absolute atomic E-state index is 0.0352. The van der Waals surface area contributed by atoms with Crippen molar-refractivity contribution in [1.82, 2.24) is 14.9 Å². The second-order valence-corrected chi connectivity index (χ2v) is 6.60. The van der Waals surface area contributed by atoms with Crippen molar-refractivity contribution in [3.05, 3.63) is 52.6 Å². The molecule has 0 spiro atoms. The molecule has 2 heterocycles. The van der Waals surface area contributed by atoms with E-state index in [0.29, 0.717) is 26.2 Å². The van der Waals surface area contributed by atoms with Crippen LogP contribution in [0.15, 0.2) is 24.3 Å². The molecule has 26 heavy (non-hydrogen) atoms. The number of hydrogen-bond acceptors (Lipinski definition) is 4. The quantitative estimate of drug-likeness (QED) is 0.843. The van der Waals surface area contributed by atoms with E-state index in [1.165, 1.54) is 23.7 Å². The minimum atomic E-state index is -2.72. The number of piperazine rings is 1. The molecule has 1 saturated heterocycles. The van der Waals surface area contributed by atoms with Crippen LogP contribution in [0, 0.1) is 20.8 Å². The molecule has 1 aliphatic rings. The lowest BCUT2D eigenvalue weighted by atomic mass is 10.1. The highest BCUT2D eigenvalue weighted by atomic mass is 19.3. The normalized spacial score (nSPS) is 14.8. The number of halogens is 2. The van der Waals surface area contributed by atoms with Crippen molar-refractivity contribution in [2.24, 2.45) is 0 Å². The summed E-state index contributed by atoms with van der Waals surface area (Å²) in [5.74, 6) is -0.141. The molecule has 0 aliphatic carbocycles. The zero-order valence-electron chi connectivity index (χ0n) is 15.2. The number of aryl methyl sites for hydroxylation is 3. The topological polar surface area (TPSA) is 49.3 Å². The maximum absolute atomic E-state index is 12.9. The van der Waals surface area contributed by atoms with E-state index >= 15 is 0 Å². The fourth-order valence-corrected chi connectivity index (χ4v) is 3.18. The third kappa shape index (κ3) is 3.81. The molecule has 138 valence electrons. The van der Waals surface area contributed by atoms with E-state index < -0.39 is 12.1 Å². The van der Waals surface area contributed by atoms with Gasteiger partial charge in [0.25, 0.3) is 12.3 Å². The fraction of sp³-hybridized carbons (Fsp3) is 0.421. The average Bonchev–Trinajstić information content (AvgIpc) is 2.62. The molecule has 1 amide bonds. The van der Waals surface area contributed by atoms with Crippen molar-refractivity contribution in [2.75, 3.05) is 31.1 Å². The molecule has 0 atom stereocenters. The standard InChI is InChI=1S/C19H22F2N4O/c1-12-4-5-13(2)17(10-12)24-6-8-25(9-7-24)19(26)16-11-15(18(20)21)22-14(3)23-16/h4-5,10-11,18H,6-9H2,1-3H3. The molecule has 7 heteroatoms. The third-order valence-corrected chi connectivity index (χ3v) is 4.57. The van der Waals surface area contributed by atoms with Gasteiger partial charge in [0.2, 0.25) is 0 Å². The summed E-state index contributed by atoms with van der Waals surface area (Å²) in [6, 6.07) is 7.42. The number of aromatic nitrogens is 2. The highest BCUT2D eigenvalue weighted by Gasteiger charge is 2.25. The zero-order chi connectivity index (χ0) is 18.8. The van der Waals surface area contributed by atoms with Crippen molar-refractivity contribution < 1.29 is 13.6 Å². The van der Waals surface area contributed by atoms with Gasteiger partial charge in [0, 0.05) is 31.9 Å². The van der Waals surface area contributed by atoms with Crippen LogP contribution in [0.2, 0.25) is 0 Å². The van der Waals surface area contributed by atoms with E-state index in [1.54, 1.807) is 4.90 Å². The largest absolute Gasteiger partial charge is 0.368 e. The fourth-order valence-electron chi connectivity index (χ4n) is 3.18. The monoisotopic (exact) mass is 360 g/mol. The van der Waals surface area contributed by atoms with Crippen LogP contribution in [-0.2, 0) is 0 Å². The van der Waals surface area contributed by atoms with Crippen LogP contribution in [0.4, 0.5) is 14.5 Å². The molecule has 2 aromatic rings. The van der Waals surface area contributed by atoms with E-state index in [4.69, 9.17) is 0 Å². The Kier molecular flexibility index (Phi) is 5.15. The summed E-state index contributed by atoms with van der Waals surface area (Å²) >= 11 is 0. The van der Waals surface area contributed by atoms with E-state index in [9.17, 15) is 13.6 Å². The molecule has 0 unspecified atom stereocenters. The van der Waals surface area contributed by atoms with Gasteiger partial charge >= 0.3 is 0 Å². The zero-order valence-corrected chi connectivity index (χ0v) is 15.2. The highest BCUT2D eigenvalue weighted by molar-refractivity contribution is 5.92. The molecular formula is C19H22F2N4O. The third-order valence-electron chi connectivity index (χ3n) is 4.57. The smallest absolute Gasteiger partial charge is 0.280 e. The Morgan fingerprint density at radius 3 is 2.38 bits per heavy atom. The summed E-state index contributed by atoms with van der Waals surface area (Å²) in [5, 5.41) is 0. The van der Waals surface area contributed by atoms with Gasteiger partial charge in [0.15, 0.2) is 0 Å². The van der Waals surface area contributed by atoms with Gasteiger partial charge in [0.05, 0.1) is 0 Å². The number of anilines is 1. The average molecular weight is 360 g/mol. The number of rotatable bonds is 3. The van der Waals surface area contributed by atoms with Gasteiger partial charge in [-0.05, 0) is 44.0 Å². The first-order valence-electron chi connectivity index (χ1n) is 8.60. The van der Waals surface area contributed by atoms with Crippen molar-refractivity contribution in [1.29, 1.82) is 0 Å². The Balaban J connectivity index is 1.72. The predicted octanol–water partition coefficient (Wildman–Crippen LogP) is 3.30. The molecule has 0 radical (unpaired) electrons. The minimum Gasteiger partial charge on any atom is -0.368 e. The molecule has 1 aliphatic heterocycles. The molecular weight excluding hydrogens is 338 g/mol. The molecule has 0 bridgehead atoms. The van der Waals surface area contributed by atoms with E-state index in [0.717, 1.165) is 6.07 Å². The molecule has 3 rings (SSSR count). The molecule has 0 saturated carbocycles. The maximum Gasteiger partial charge on any atom is 0.280 e. The molecule has 1 aromatic heterocycles. The van der Waals surface area contributed by atoms with Crippen LogP contribution in [0.1, 0.15) is 39.6 Å². The Bertz CT molecular complexity index is 817. The Morgan fingerprint density at radius 2 is 1.73 bits per heavy atom. The Hall–Kier alpha value is -2.57. The van der Waals surface area contributed by atoms with Gasteiger partial charge in [-0.1, -0.05) is 12.1 Å². The van der Waals surface area contributed by atoms with Crippen LogP contribution in [0.25, 0.3) is 0 Å². The highest BCUT2D eigenvalue weighted by Crippen LogP contribution is 2.23. The number of hydrogen-bond donors (Lipinski definition) is 0. The van der Waals surface area contributed by atoms with E-state index in [1.807, 2.05) is 0 Å². The van der Waals surface area contributed by atoms with Gasteiger partial charge in [-0.25, -0.2) is 18.7 Å². The summed E-state index contributed by atoms with van der Waals surface area (Å²) in [6.07, 6.45) is -2.72. The molecule has 1 aromatic carbocycles. The number of amides is 1. The molecule has 0 N–H and O–H groups in total. The summed E-state index contributed by atoms with van der Waals surface area (Å²) in [5.41, 5.74) is 3.20. The van der Waals surface area contributed by atoms with Gasteiger partial charge in [0.1, 0.15) is 17.2 Å².